The molecule has 6 rings (SSSR count). The van der Waals surface area contributed by atoms with Gasteiger partial charge >= 0.3 is 0 Å². The first kappa shape index (κ1) is 21.7. The van der Waals surface area contributed by atoms with E-state index in [0.29, 0.717) is 44.8 Å². The van der Waals surface area contributed by atoms with Crippen molar-refractivity contribution in [1.82, 2.24) is 0 Å². The van der Waals surface area contributed by atoms with E-state index in [9.17, 15) is 19.2 Å². The van der Waals surface area contributed by atoms with Crippen molar-refractivity contribution in [3.05, 3.63) is 118 Å². The van der Waals surface area contributed by atoms with Gasteiger partial charge in [0.2, 0.25) is 0 Å². The average Bonchev–Trinajstić information content (AvgIpc) is 3.27. The van der Waals surface area contributed by atoms with Gasteiger partial charge < -0.3 is 0 Å². The topological polar surface area (TPSA) is 74.8 Å². The molecule has 4 aromatic carbocycles. The van der Waals surface area contributed by atoms with Crippen LogP contribution in [0.3, 0.4) is 0 Å². The molecule has 2 aliphatic heterocycles. The lowest BCUT2D eigenvalue weighted by Gasteiger charge is -2.14. The molecule has 0 aromatic heterocycles. The molecule has 0 saturated carbocycles. The molecule has 0 bridgehead atoms. The molecule has 36 heavy (non-hydrogen) atoms. The van der Waals surface area contributed by atoms with Crippen LogP contribution in [0.5, 0.6) is 0 Å². The Bertz CT molecular complexity index is 1530. The number of hydrogen-bond donors (Lipinski definition) is 0. The van der Waals surface area contributed by atoms with Gasteiger partial charge in [0.05, 0.1) is 33.6 Å². The van der Waals surface area contributed by atoms with Crippen LogP contribution in [0.1, 0.15) is 52.6 Å². The monoisotopic (exact) mass is 472 g/mol. The summed E-state index contributed by atoms with van der Waals surface area (Å²) in [5, 5.41) is 0. The first-order valence-electron chi connectivity index (χ1n) is 11.5. The SMILES string of the molecule is Cc1cccc(N2C(=O)c3ccc(-c4ccc5c(c4)C(=O)N(c4cccc(C)c4)C5=O)cc3C2=O)c1. The van der Waals surface area contributed by atoms with E-state index in [-0.39, 0.29) is 23.6 Å². The largest absolute Gasteiger partial charge is 0.268 e. The minimum absolute atomic E-state index is 0.309. The number of nitrogens with zero attached hydrogens (tertiary/aromatic N) is 2. The molecule has 4 aromatic rings. The molecule has 174 valence electrons. The summed E-state index contributed by atoms with van der Waals surface area (Å²) in [6.07, 6.45) is 0. The molecule has 0 saturated heterocycles. The fraction of sp³-hybridized carbons (Fsp3) is 0.0667. The molecule has 4 amide bonds. The highest BCUT2D eigenvalue weighted by Crippen LogP contribution is 2.35. The summed E-state index contributed by atoms with van der Waals surface area (Å²) in [6.45, 7) is 3.81. The van der Waals surface area contributed by atoms with Crippen molar-refractivity contribution in [1.29, 1.82) is 0 Å². The summed E-state index contributed by atoms with van der Waals surface area (Å²) >= 11 is 0. The van der Waals surface area contributed by atoms with Crippen LogP contribution in [0, 0.1) is 13.8 Å². The number of rotatable bonds is 3. The zero-order valence-electron chi connectivity index (χ0n) is 19.6. The van der Waals surface area contributed by atoms with E-state index in [1.807, 2.05) is 38.1 Å². The molecule has 6 heteroatoms. The van der Waals surface area contributed by atoms with Gasteiger partial charge in [-0.25, -0.2) is 9.80 Å². The van der Waals surface area contributed by atoms with Crippen LogP contribution in [-0.4, -0.2) is 23.6 Å². The molecule has 2 heterocycles. The van der Waals surface area contributed by atoms with Gasteiger partial charge in [-0.2, -0.15) is 0 Å². The highest BCUT2D eigenvalue weighted by Gasteiger charge is 2.38. The number of amides is 4. The Morgan fingerprint density at radius 1 is 0.444 bits per heavy atom. The summed E-state index contributed by atoms with van der Waals surface area (Å²) in [7, 11) is 0. The zero-order valence-corrected chi connectivity index (χ0v) is 19.6. The maximum Gasteiger partial charge on any atom is 0.266 e. The number of anilines is 2. The van der Waals surface area contributed by atoms with Crippen LogP contribution in [0.25, 0.3) is 11.1 Å². The average molecular weight is 473 g/mol. The molecule has 0 atom stereocenters. The van der Waals surface area contributed by atoms with Gasteiger partial charge in [0, 0.05) is 0 Å². The van der Waals surface area contributed by atoms with Crippen molar-refractivity contribution in [2.75, 3.05) is 9.80 Å². The zero-order chi connectivity index (χ0) is 25.1. The normalized spacial score (nSPS) is 14.5. The third kappa shape index (κ3) is 3.19. The Balaban J connectivity index is 1.37. The van der Waals surface area contributed by atoms with Crippen LogP contribution >= 0.6 is 0 Å². The fourth-order valence-corrected chi connectivity index (χ4v) is 4.84. The maximum absolute atomic E-state index is 13.2. The second-order valence-electron chi connectivity index (χ2n) is 9.09. The Labute approximate surface area is 207 Å². The van der Waals surface area contributed by atoms with Gasteiger partial charge in [-0.05, 0) is 84.6 Å². The van der Waals surface area contributed by atoms with Gasteiger partial charge in [-0.1, -0.05) is 36.4 Å². The number of benzene rings is 4. The highest BCUT2D eigenvalue weighted by molar-refractivity contribution is 6.35. The quantitative estimate of drug-likeness (QED) is 0.365. The number of aryl methyl sites for hydroxylation is 2. The van der Waals surface area contributed by atoms with Crippen molar-refractivity contribution >= 4 is 35.0 Å². The minimum atomic E-state index is -0.388. The lowest BCUT2D eigenvalue weighted by Crippen LogP contribution is -2.29. The second kappa shape index (κ2) is 7.85. The van der Waals surface area contributed by atoms with E-state index in [1.54, 1.807) is 60.7 Å². The first-order valence-corrected chi connectivity index (χ1v) is 11.5. The van der Waals surface area contributed by atoms with E-state index in [2.05, 4.69) is 0 Å². The number of fused-ring (bicyclic) bond motifs is 2. The second-order valence-corrected chi connectivity index (χ2v) is 9.09. The van der Waals surface area contributed by atoms with Crippen molar-refractivity contribution in [3.63, 3.8) is 0 Å². The van der Waals surface area contributed by atoms with Gasteiger partial charge in [0.15, 0.2) is 0 Å². The molecule has 6 nitrogen and oxygen atoms in total. The summed E-state index contributed by atoms with van der Waals surface area (Å²) in [6, 6.07) is 24.6. The highest BCUT2D eigenvalue weighted by atomic mass is 16.2. The van der Waals surface area contributed by atoms with E-state index in [0.717, 1.165) is 11.1 Å². The Morgan fingerprint density at radius 2 is 0.833 bits per heavy atom. The summed E-state index contributed by atoms with van der Waals surface area (Å²) < 4.78 is 0. The van der Waals surface area contributed by atoms with E-state index in [1.165, 1.54) is 9.80 Å². The van der Waals surface area contributed by atoms with Crippen LogP contribution < -0.4 is 9.80 Å². The number of imide groups is 2. The van der Waals surface area contributed by atoms with E-state index >= 15 is 0 Å². The molecule has 2 aliphatic rings. The van der Waals surface area contributed by atoms with E-state index < -0.39 is 0 Å². The fourth-order valence-electron chi connectivity index (χ4n) is 4.84. The Hall–Kier alpha value is -4.84. The number of carbonyl (C=O) groups excluding carboxylic acids is 4. The minimum Gasteiger partial charge on any atom is -0.268 e. The van der Waals surface area contributed by atoms with Gasteiger partial charge in [-0.15, -0.1) is 0 Å². The Kier molecular flexibility index (Phi) is 4.73. The molecule has 0 spiro atoms. The molecule has 0 aliphatic carbocycles. The standard InChI is InChI=1S/C30H20N2O4/c1-17-5-3-7-21(13-17)31-27(33)23-11-9-19(15-25(23)29(31)35)20-10-12-24-26(16-20)30(36)32(28(24)34)22-8-4-6-18(2)14-22/h3-16H,1-2H3. The van der Waals surface area contributed by atoms with Crippen LogP contribution in [0.15, 0.2) is 84.9 Å². The van der Waals surface area contributed by atoms with Crippen molar-refractivity contribution < 1.29 is 19.2 Å². The molecule has 0 unspecified atom stereocenters. The van der Waals surface area contributed by atoms with Gasteiger partial charge in [0.25, 0.3) is 23.6 Å². The van der Waals surface area contributed by atoms with Crippen molar-refractivity contribution in [2.24, 2.45) is 0 Å². The number of hydrogen-bond acceptors (Lipinski definition) is 4. The summed E-state index contributed by atoms with van der Waals surface area (Å²) in [5.74, 6) is -1.51. The summed E-state index contributed by atoms with van der Waals surface area (Å²) in [4.78, 5) is 54.8. The molecule has 0 radical (unpaired) electrons. The van der Waals surface area contributed by atoms with Gasteiger partial charge in [0.1, 0.15) is 0 Å². The van der Waals surface area contributed by atoms with Crippen LogP contribution in [0.2, 0.25) is 0 Å². The van der Waals surface area contributed by atoms with Crippen LogP contribution in [-0.2, 0) is 0 Å². The van der Waals surface area contributed by atoms with Crippen molar-refractivity contribution in [3.8, 4) is 11.1 Å². The summed E-state index contributed by atoms with van der Waals surface area (Å²) in [5.41, 5.74) is 5.60. The smallest absolute Gasteiger partial charge is 0.266 e. The lowest BCUT2D eigenvalue weighted by atomic mass is 9.97. The molecular weight excluding hydrogens is 452 g/mol. The number of carbonyl (C=O) groups is 4. The predicted molar refractivity (Wildman–Crippen MR) is 137 cm³/mol. The molecule has 0 N–H and O–H groups in total. The van der Waals surface area contributed by atoms with Crippen LogP contribution in [0.4, 0.5) is 11.4 Å². The Morgan fingerprint density at radius 3 is 1.22 bits per heavy atom. The molecular formula is C30H20N2O4. The molecule has 0 fully saturated rings. The van der Waals surface area contributed by atoms with E-state index in [4.69, 9.17) is 0 Å². The van der Waals surface area contributed by atoms with Crippen molar-refractivity contribution in [2.45, 2.75) is 13.8 Å². The lowest BCUT2D eigenvalue weighted by molar-refractivity contribution is 0.0910. The predicted octanol–water partition coefficient (Wildman–Crippen LogP) is 5.57. The third-order valence-corrected chi connectivity index (χ3v) is 6.63. The third-order valence-electron chi connectivity index (χ3n) is 6.63. The maximum atomic E-state index is 13.2. The first-order chi connectivity index (χ1) is 17.3. The van der Waals surface area contributed by atoms with Gasteiger partial charge in [-0.3, -0.25) is 19.2 Å².